The topological polar surface area (TPSA) is 55.6 Å². The molecule has 0 amide bonds. The van der Waals surface area contributed by atoms with E-state index in [2.05, 4.69) is 27.1 Å². The van der Waals surface area contributed by atoms with E-state index in [1.54, 1.807) is 0 Å². The SMILES string of the molecule is CSC1(Cn2nnnc2CNC2CC2)CCCCC1. The van der Waals surface area contributed by atoms with Crippen molar-refractivity contribution in [2.24, 2.45) is 0 Å². The Morgan fingerprint density at radius 3 is 2.79 bits per heavy atom. The first kappa shape index (κ1) is 13.4. The maximum absolute atomic E-state index is 4.20. The zero-order chi connectivity index (χ0) is 13.1. The second-order valence-corrected chi connectivity index (χ2v) is 7.13. The van der Waals surface area contributed by atoms with Crippen LogP contribution in [0.15, 0.2) is 0 Å². The van der Waals surface area contributed by atoms with E-state index in [4.69, 9.17) is 0 Å². The predicted molar refractivity (Wildman–Crippen MR) is 77.0 cm³/mol. The molecule has 0 unspecified atom stereocenters. The number of rotatable bonds is 6. The molecule has 106 valence electrons. The van der Waals surface area contributed by atoms with Crippen LogP contribution in [0.1, 0.15) is 50.8 Å². The largest absolute Gasteiger partial charge is 0.307 e. The third-order valence-corrected chi connectivity index (χ3v) is 5.77. The zero-order valence-electron chi connectivity index (χ0n) is 11.6. The van der Waals surface area contributed by atoms with Gasteiger partial charge in [-0.05, 0) is 42.4 Å². The van der Waals surface area contributed by atoms with E-state index in [0.29, 0.717) is 10.8 Å². The van der Waals surface area contributed by atoms with Crippen molar-refractivity contribution in [1.82, 2.24) is 25.5 Å². The van der Waals surface area contributed by atoms with Crippen LogP contribution in [-0.2, 0) is 13.1 Å². The molecule has 0 aliphatic heterocycles. The van der Waals surface area contributed by atoms with Gasteiger partial charge < -0.3 is 5.32 Å². The highest BCUT2D eigenvalue weighted by Crippen LogP contribution is 2.39. The second kappa shape index (κ2) is 5.79. The van der Waals surface area contributed by atoms with Crippen molar-refractivity contribution >= 4 is 11.8 Å². The van der Waals surface area contributed by atoms with Gasteiger partial charge in [0.2, 0.25) is 0 Å². The lowest BCUT2D eigenvalue weighted by atomic mass is 9.88. The summed E-state index contributed by atoms with van der Waals surface area (Å²) in [6.07, 6.45) is 11.5. The summed E-state index contributed by atoms with van der Waals surface area (Å²) in [5.41, 5.74) is 0. The summed E-state index contributed by atoms with van der Waals surface area (Å²) >= 11 is 2.00. The smallest absolute Gasteiger partial charge is 0.165 e. The molecular weight excluding hydrogens is 258 g/mol. The molecule has 0 radical (unpaired) electrons. The van der Waals surface area contributed by atoms with Crippen LogP contribution < -0.4 is 5.32 Å². The van der Waals surface area contributed by atoms with Crippen molar-refractivity contribution in [2.75, 3.05) is 6.26 Å². The highest BCUT2D eigenvalue weighted by atomic mass is 32.2. The average Bonchev–Trinajstić information content (AvgIpc) is 3.18. The maximum atomic E-state index is 4.20. The Balaban J connectivity index is 1.65. The van der Waals surface area contributed by atoms with Gasteiger partial charge in [0.15, 0.2) is 5.82 Å². The van der Waals surface area contributed by atoms with E-state index in [-0.39, 0.29) is 0 Å². The molecule has 6 heteroatoms. The normalized spacial score (nSPS) is 22.6. The van der Waals surface area contributed by atoms with Gasteiger partial charge in [0.05, 0.1) is 13.1 Å². The van der Waals surface area contributed by atoms with Crippen LogP contribution in [-0.4, -0.2) is 37.3 Å². The highest BCUT2D eigenvalue weighted by molar-refractivity contribution is 8.00. The lowest BCUT2D eigenvalue weighted by Gasteiger charge is -2.35. The molecule has 0 saturated heterocycles. The van der Waals surface area contributed by atoms with Gasteiger partial charge in [0.25, 0.3) is 0 Å². The molecule has 0 atom stereocenters. The monoisotopic (exact) mass is 281 g/mol. The van der Waals surface area contributed by atoms with Crippen LogP contribution in [0.2, 0.25) is 0 Å². The van der Waals surface area contributed by atoms with Gasteiger partial charge in [-0.3, -0.25) is 0 Å². The van der Waals surface area contributed by atoms with Gasteiger partial charge in [-0.25, -0.2) is 4.68 Å². The zero-order valence-corrected chi connectivity index (χ0v) is 12.5. The van der Waals surface area contributed by atoms with Gasteiger partial charge >= 0.3 is 0 Å². The van der Waals surface area contributed by atoms with E-state index in [9.17, 15) is 0 Å². The number of aromatic nitrogens is 4. The Hall–Kier alpha value is -0.620. The highest BCUT2D eigenvalue weighted by Gasteiger charge is 2.33. The van der Waals surface area contributed by atoms with Gasteiger partial charge in [0.1, 0.15) is 0 Å². The Bertz CT molecular complexity index is 409. The standard InChI is InChI=1S/C13H23N5S/c1-19-13(7-3-2-4-8-13)10-18-12(15-16-17-18)9-14-11-5-6-11/h11,14H,2-10H2,1H3. The first-order chi connectivity index (χ1) is 9.31. The number of nitrogens with one attached hydrogen (secondary N) is 1. The van der Waals surface area contributed by atoms with E-state index in [0.717, 1.165) is 18.9 Å². The molecule has 1 aromatic rings. The average molecular weight is 281 g/mol. The summed E-state index contributed by atoms with van der Waals surface area (Å²) in [7, 11) is 0. The molecule has 2 saturated carbocycles. The summed E-state index contributed by atoms with van der Waals surface area (Å²) in [5.74, 6) is 0.992. The molecule has 5 nitrogen and oxygen atoms in total. The van der Waals surface area contributed by atoms with Crippen molar-refractivity contribution in [3.05, 3.63) is 5.82 Å². The molecule has 0 spiro atoms. The molecule has 1 heterocycles. The lowest BCUT2D eigenvalue weighted by molar-refractivity contribution is 0.337. The number of tetrazole rings is 1. The summed E-state index contributed by atoms with van der Waals surface area (Å²) in [6.45, 7) is 1.77. The fourth-order valence-electron chi connectivity index (χ4n) is 2.89. The molecule has 19 heavy (non-hydrogen) atoms. The Labute approximate surface area is 118 Å². The minimum atomic E-state index is 0.349. The number of hydrogen-bond donors (Lipinski definition) is 1. The molecule has 3 rings (SSSR count). The van der Waals surface area contributed by atoms with Crippen molar-refractivity contribution in [3.8, 4) is 0 Å². The fourth-order valence-corrected chi connectivity index (χ4v) is 3.84. The van der Waals surface area contributed by atoms with Crippen molar-refractivity contribution in [3.63, 3.8) is 0 Å². The van der Waals surface area contributed by atoms with Crippen molar-refractivity contribution < 1.29 is 0 Å². The number of thioether (sulfide) groups is 1. The van der Waals surface area contributed by atoms with Crippen molar-refractivity contribution in [2.45, 2.75) is 68.8 Å². The number of hydrogen-bond acceptors (Lipinski definition) is 5. The van der Waals surface area contributed by atoms with Crippen LogP contribution in [0.25, 0.3) is 0 Å². The van der Waals surface area contributed by atoms with Crippen LogP contribution in [0, 0.1) is 0 Å². The third kappa shape index (κ3) is 3.28. The van der Waals surface area contributed by atoms with Crippen LogP contribution in [0.4, 0.5) is 0 Å². The van der Waals surface area contributed by atoms with E-state index >= 15 is 0 Å². The minimum Gasteiger partial charge on any atom is -0.307 e. The fraction of sp³-hybridized carbons (Fsp3) is 0.923. The van der Waals surface area contributed by atoms with E-state index in [1.165, 1.54) is 44.9 Å². The summed E-state index contributed by atoms with van der Waals surface area (Å²) in [5, 5.41) is 15.7. The van der Waals surface area contributed by atoms with Crippen molar-refractivity contribution in [1.29, 1.82) is 0 Å². The molecule has 0 bridgehead atoms. The predicted octanol–water partition coefficient (Wildman–Crippen LogP) is 1.99. The summed E-state index contributed by atoms with van der Waals surface area (Å²) in [4.78, 5) is 0. The van der Waals surface area contributed by atoms with Gasteiger partial charge in [-0.15, -0.1) is 5.10 Å². The Morgan fingerprint density at radius 2 is 2.11 bits per heavy atom. The van der Waals surface area contributed by atoms with Crippen LogP contribution in [0.3, 0.4) is 0 Å². The first-order valence-corrected chi connectivity index (χ1v) is 8.57. The maximum Gasteiger partial charge on any atom is 0.165 e. The van der Waals surface area contributed by atoms with Crippen LogP contribution in [0.5, 0.6) is 0 Å². The Kier molecular flexibility index (Phi) is 4.07. The third-order valence-electron chi connectivity index (χ3n) is 4.37. The molecule has 2 aliphatic rings. The summed E-state index contributed by atoms with van der Waals surface area (Å²) < 4.78 is 2.37. The molecule has 2 fully saturated rings. The van der Waals surface area contributed by atoms with Gasteiger partial charge in [-0.2, -0.15) is 11.8 Å². The van der Waals surface area contributed by atoms with E-state index < -0.39 is 0 Å². The lowest BCUT2D eigenvalue weighted by Crippen LogP contribution is -2.34. The Morgan fingerprint density at radius 1 is 1.32 bits per heavy atom. The van der Waals surface area contributed by atoms with Crippen LogP contribution >= 0.6 is 11.8 Å². The molecule has 0 aromatic carbocycles. The second-order valence-electron chi connectivity index (χ2n) is 5.86. The first-order valence-electron chi connectivity index (χ1n) is 7.35. The molecular formula is C13H23N5S. The minimum absolute atomic E-state index is 0.349. The molecule has 1 N–H and O–H groups in total. The van der Waals surface area contributed by atoms with Gasteiger partial charge in [0, 0.05) is 10.8 Å². The summed E-state index contributed by atoms with van der Waals surface area (Å²) in [6, 6.07) is 0.703. The van der Waals surface area contributed by atoms with E-state index in [1.807, 2.05) is 16.4 Å². The molecule has 1 aromatic heterocycles. The van der Waals surface area contributed by atoms with Gasteiger partial charge in [-0.1, -0.05) is 19.3 Å². The number of nitrogens with zero attached hydrogens (tertiary/aromatic N) is 4. The molecule has 2 aliphatic carbocycles. The quantitative estimate of drug-likeness (QED) is 0.864.